The maximum Gasteiger partial charge on any atom is 0.0931 e. The zero-order valence-corrected chi connectivity index (χ0v) is 18.7. The Morgan fingerprint density at radius 1 is 1.07 bits per heavy atom. The lowest BCUT2D eigenvalue weighted by molar-refractivity contribution is 0.206. The molecule has 6 heteroatoms. The van der Waals surface area contributed by atoms with Gasteiger partial charge in [0.25, 0.3) is 0 Å². The molecule has 0 radical (unpaired) electrons. The second-order valence-electron chi connectivity index (χ2n) is 8.26. The van der Waals surface area contributed by atoms with E-state index < -0.39 is 0 Å². The van der Waals surface area contributed by atoms with E-state index in [2.05, 4.69) is 59.5 Å². The zero-order chi connectivity index (χ0) is 18.1. The van der Waals surface area contributed by atoms with Crippen LogP contribution in [0.1, 0.15) is 45.1 Å². The largest absolute Gasteiger partial charge is 0.345 e. The van der Waals surface area contributed by atoms with Gasteiger partial charge in [-0.05, 0) is 66.0 Å². The summed E-state index contributed by atoms with van der Waals surface area (Å²) >= 11 is 6.58. The van der Waals surface area contributed by atoms with Crippen molar-refractivity contribution >= 4 is 47.4 Å². The second kappa shape index (κ2) is 9.49. The molecule has 1 saturated carbocycles. The van der Waals surface area contributed by atoms with E-state index in [4.69, 9.17) is 11.6 Å². The number of hydrogen-bond donors (Lipinski definition) is 2. The van der Waals surface area contributed by atoms with Crippen LogP contribution in [0.15, 0.2) is 42.7 Å². The molecular formula is C22H28Cl3N3. The second-order valence-corrected chi connectivity index (χ2v) is 8.67. The van der Waals surface area contributed by atoms with Gasteiger partial charge in [0.05, 0.1) is 17.4 Å². The number of aromatic nitrogens is 2. The molecule has 0 aliphatic heterocycles. The number of fused-ring (bicyclic) bond motifs is 1. The molecule has 0 amide bonds. The normalized spacial score (nSPS) is 16.4. The van der Waals surface area contributed by atoms with Gasteiger partial charge in [-0.15, -0.1) is 24.8 Å². The first kappa shape index (κ1) is 23.0. The van der Waals surface area contributed by atoms with Crippen LogP contribution in [0.3, 0.4) is 0 Å². The van der Waals surface area contributed by atoms with Crippen molar-refractivity contribution in [3.8, 4) is 11.1 Å². The third kappa shape index (κ3) is 5.21. The highest BCUT2D eigenvalue weighted by molar-refractivity contribution is 6.31. The maximum atomic E-state index is 6.58. The first-order chi connectivity index (χ1) is 12.5. The number of imidazole rings is 1. The Labute approximate surface area is 184 Å². The summed E-state index contributed by atoms with van der Waals surface area (Å²) in [6, 6.07) is 13.2. The molecule has 0 spiro atoms. The molecule has 1 aromatic heterocycles. The highest BCUT2D eigenvalue weighted by Gasteiger charge is 2.26. The highest BCUT2D eigenvalue weighted by Crippen LogP contribution is 2.35. The number of nitrogens with one attached hydrogen (secondary N) is 2. The van der Waals surface area contributed by atoms with Gasteiger partial charge in [0.15, 0.2) is 0 Å². The van der Waals surface area contributed by atoms with Crippen LogP contribution < -0.4 is 5.32 Å². The summed E-state index contributed by atoms with van der Waals surface area (Å²) in [7, 11) is 0. The lowest BCUT2D eigenvalue weighted by Crippen LogP contribution is -2.35. The van der Waals surface area contributed by atoms with E-state index in [1.54, 1.807) is 6.33 Å². The fraction of sp³-hybridized carbons (Fsp3) is 0.409. The van der Waals surface area contributed by atoms with Crippen molar-refractivity contribution in [2.45, 2.75) is 52.1 Å². The molecule has 0 unspecified atom stereocenters. The van der Waals surface area contributed by atoms with Gasteiger partial charge in [0, 0.05) is 17.6 Å². The van der Waals surface area contributed by atoms with Gasteiger partial charge in [-0.1, -0.05) is 43.6 Å². The smallest absolute Gasteiger partial charge is 0.0931 e. The number of hydrogen-bond acceptors (Lipinski definition) is 2. The Balaban J connectivity index is 0.00000140. The zero-order valence-electron chi connectivity index (χ0n) is 16.3. The van der Waals surface area contributed by atoms with Crippen LogP contribution >= 0.6 is 36.4 Å². The van der Waals surface area contributed by atoms with Crippen molar-refractivity contribution in [1.29, 1.82) is 0 Å². The van der Waals surface area contributed by atoms with Crippen molar-refractivity contribution in [2.24, 2.45) is 5.41 Å². The number of rotatable bonds is 4. The number of aromatic amines is 1. The first-order valence-electron chi connectivity index (χ1n) is 9.45. The van der Waals surface area contributed by atoms with Gasteiger partial charge in [-0.2, -0.15) is 0 Å². The minimum atomic E-state index is 0. The molecule has 3 nitrogen and oxygen atoms in total. The van der Waals surface area contributed by atoms with Gasteiger partial charge in [0.2, 0.25) is 0 Å². The third-order valence-corrected chi connectivity index (χ3v) is 6.08. The molecule has 2 aromatic carbocycles. The number of H-pyrrole nitrogens is 1. The highest BCUT2D eigenvalue weighted by atomic mass is 35.5. The molecule has 1 aliphatic rings. The fourth-order valence-corrected chi connectivity index (χ4v) is 4.09. The number of benzene rings is 2. The SMILES string of the molecule is CC1(C)CCC(NCc2ccc(-c3ccc4nc[nH]c4c3)cc2Cl)CC1.Cl.Cl. The van der Waals surface area contributed by atoms with Crippen molar-refractivity contribution in [3.05, 3.63) is 53.3 Å². The van der Waals surface area contributed by atoms with Gasteiger partial charge in [0.1, 0.15) is 0 Å². The molecule has 0 saturated heterocycles. The summed E-state index contributed by atoms with van der Waals surface area (Å²) in [5.74, 6) is 0. The summed E-state index contributed by atoms with van der Waals surface area (Å²) in [6.07, 6.45) is 6.84. The summed E-state index contributed by atoms with van der Waals surface area (Å²) in [6.45, 7) is 5.59. The van der Waals surface area contributed by atoms with Crippen molar-refractivity contribution in [3.63, 3.8) is 0 Å². The molecule has 0 atom stereocenters. The average molecular weight is 441 g/mol. The lowest BCUT2D eigenvalue weighted by atomic mass is 9.75. The van der Waals surface area contributed by atoms with E-state index in [0.29, 0.717) is 11.5 Å². The van der Waals surface area contributed by atoms with Gasteiger partial charge >= 0.3 is 0 Å². The minimum absolute atomic E-state index is 0. The van der Waals surface area contributed by atoms with E-state index in [-0.39, 0.29) is 24.8 Å². The van der Waals surface area contributed by atoms with E-state index in [0.717, 1.165) is 33.7 Å². The summed E-state index contributed by atoms with van der Waals surface area (Å²) in [5.41, 5.74) is 5.99. The van der Waals surface area contributed by atoms with E-state index in [1.165, 1.54) is 31.2 Å². The van der Waals surface area contributed by atoms with Gasteiger partial charge in [-0.3, -0.25) is 0 Å². The van der Waals surface area contributed by atoms with E-state index in [9.17, 15) is 0 Å². The molecule has 1 heterocycles. The molecule has 4 rings (SSSR count). The van der Waals surface area contributed by atoms with Gasteiger partial charge < -0.3 is 10.3 Å². The molecular weight excluding hydrogens is 413 g/mol. The first-order valence-corrected chi connectivity index (χ1v) is 9.83. The minimum Gasteiger partial charge on any atom is -0.345 e. The Morgan fingerprint density at radius 2 is 1.75 bits per heavy atom. The topological polar surface area (TPSA) is 40.7 Å². The molecule has 1 aliphatic carbocycles. The third-order valence-electron chi connectivity index (χ3n) is 5.73. The predicted molar refractivity (Wildman–Crippen MR) is 124 cm³/mol. The summed E-state index contributed by atoms with van der Waals surface area (Å²) < 4.78 is 0. The van der Waals surface area contributed by atoms with Crippen LogP contribution in [0.2, 0.25) is 5.02 Å². The van der Waals surface area contributed by atoms with Crippen molar-refractivity contribution in [1.82, 2.24) is 15.3 Å². The molecule has 3 aromatic rings. The van der Waals surface area contributed by atoms with Gasteiger partial charge in [-0.25, -0.2) is 4.98 Å². The van der Waals surface area contributed by atoms with Crippen LogP contribution in [-0.4, -0.2) is 16.0 Å². The van der Waals surface area contributed by atoms with Crippen molar-refractivity contribution < 1.29 is 0 Å². The van der Waals surface area contributed by atoms with E-state index in [1.807, 2.05) is 6.07 Å². The molecule has 0 bridgehead atoms. The monoisotopic (exact) mass is 439 g/mol. The van der Waals surface area contributed by atoms with Crippen LogP contribution in [0.5, 0.6) is 0 Å². The van der Waals surface area contributed by atoms with Crippen molar-refractivity contribution in [2.75, 3.05) is 0 Å². The Bertz CT molecular complexity index is 910. The predicted octanol–water partition coefficient (Wildman–Crippen LogP) is 6.79. The average Bonchev–Trinajstić information content (AvgIpc) is 3.09. The van der Waals surface area contributed by atoms with Crippen LogP contribution in [0.25, 0.3) is 22.2 Å². The maximum absolute atomic E-state index is 6.58. The Morgan fingerprint density at radius 3 is 2.46 bits per heavy atom. The lowest BCUT2D eigenvalue weighted by Gasteiger charge is -2.34. The van der Waals surface area contributed by atoms with Crippen LogP contribution in [0.4, 0.5) is 0 Å². The molecule has 1 fully saturated rings. The molecule has 152 valence electrons. The molecule has 2 N–H and O–H groups in total. The Kier molecular flexibility index (Phi) is 7.81. The summed E-state index contributed by atoms with van der Waals surface area (Å²) in [5, 5.41) is 4.53. The number of nitrogens with zero attached hydrogens (tertiary/aromatic N) is 1. The standard InChI is InChI=1S/C22H26ClN3.2ClH/c1-22(2)9-7-18(8-10-22)24-13-17-4-3-15(11-19(17)23)16-5-6-20-21(12-16)26-14-25-20;;/h3-6,11-12,14,18,24H,7-10,13H2,1-2H3,(H,25,26);2*1H. The molecule has 28 heavy (non-hydrogen) atoms. The fourth-order valence-electron chi connectivity index (χ4n) is 3.84. The summed E-state index contributed by atoms with van der Waals surface area (Å²) in [4.78, 5) is 7.44. The van der Waals surface area contributed by atoms with Crippen LogP contribution in [0, 0.1) is 5.41 Å². The quantitative estimate of drug-likeness (QED) is 0.469. The van der Waals surface area contributed by atoms with Crippen LogP contribution in [-0.2, 0) is 6.54 Å². The van der Waals surface area contributed by atoms with E-state index >= 15 is 0 Å². The number of halogens is 3. The Hall–Kier alpha value is -1.26.